The normalized spacial score (nSPS) is 25.2. The van der Waals surface area contributed by atoms with Crippen molar-refractivity contribution in [3.63, 3.8) is 0 Å². The summed E-state index contributed by atoms with van der Waals surface area (Å²) in [5, 5.41) is 0. The molecule has 0 aromatic heterocycles. The first-order valence-corrected chi connectivity index (χ1v) is 8.01. The highest BCUT2D eigenvalue weighted by Crippen LogP contribution is 2.32. The number of benzene rings is 1. The first kappa shape index (κ1) is 14.3. The number of anilines is 1. The van der Waals surface area contributed by atoms with Crippen LogP contribution in [0.4, 0.5) is 5.69 Å². The van der Waals surface area contributed by atoms with Crippen molar-refractivity contribution in [3.8, 4) is 0 Å². The highest BCUT2D eigenvalue weighted by atomic mass is 32.2. The molecule has 1 aliphatic heterocycles. The maximum Gasteiger partial charge on any atom is 0.245 e. The molecule has 1 aliphatic rings. The van der Waals surface area contributed by atoms with Gasteiger partial charge in [0.15, 0.2) is 0 Å². The third-order valence-corrected chi connectivity index (χ3v) is 5.90. The molecular formula is C13H21N3O2S. The van der Waals surface area contributed by atoms with Crippen LogP contribution in [-0.4, -0.2) is 24.8 Å². The van der Waals surface area contributed by atoms with Crippen molar-refractivity contribution in [2.24, 2.45) is 5.84 Å². The Morgan fingerprint density at radius 2 is 1.79 bits per heavy atom. The van der Waals surface area contributed by atoms with Gasteiger partial charge in [0.25, 0.3) is 0 Å². The van der Waals surface area contributed by atoms with Gasteiger partial charge in [-0.25, -0.2) is 8.42 Å². The lowest BCUT2D eigenvalue weighted by molar-refractivity contribution is 0.204. The molecular weight excluding hydrogens is 262 g/mol. The summed E-state index contributed by atoms with van der Waals surface area (Å²) < 4.78 is 27.3. The van der Waals surface area contributed by atoms with Gasteiger partial charge in [0.1, 0.15) is 4.90 Å². The summed E-state index contributed by atoms with van der Waals surface area (Å²) in [6.07, 6.45) is 2.88. The molecule has 1 heterocycles. The SMILES string of the molecule is C[C@@H]1CCC[C@H](C)N1S(=O)(=O)c1ccccc1NN. The molecule has 0 saturated carbocycles. The first-order valence-electron chi connectivity index (χ1n) is 6.57. The third kappa shape index (κ3) is 2.61. The fourth-order valence-electron chi connectivity index (χ4n) is 2.80. The van der Waals surface area contributed by atoms with Crippen LogP contribution in [0, 0.1) is 0 Å². The average molecular weight is 283 g/mol. The van der Waals surface area contributed by atoms with Gasteiger partial charge >= 0.3 is 0 Å². The van der Waals surface area contributed by atoms with Gasteiger partial charge < -0.3 is 5.43 Å². The van der Waals surface area contributed by atoms with Gasteiger partial charge in [-0.1, -0.05) is 18.6 Å². The molecule has 1 fully saturated rings. The molecule has 0 aliphatic carbocycles. The Labute approximate surface area is 114 Å². The van der Waals surface area contributed by atoms with Crippen LogP contribution in [0.1, 0.15) is 33.1 Å². The summed E-state index contributed by atoms with van der Waals surface area (Å²) in [5.74, 6) is 5.41. The van der Waals surface area contributed by atoms with E-state index in [1.807, 2.05) is 13.8 Å². The summed E-state index contributed by atoms with van der Waals surface area (Å²) in [6.45, 7) is 3.93. The number of nitrogen functional groups attached to an aromatic ring is 1. The molecule has 6 heteroatoms. The van der Waals surface area contributed by atoms with E-state index in [1.165, 1.54) is 0 Å². The summed E-state index contributed by atoms with van der Waals surface area (Å²) in [4.78, 5) is 0.248. The number of hydrogen-bond donors (Lipinski definition) is 2. The van der Waals surface area contributed by atoms with Crippen molar-refractivity contribution >= 4 is 15.7 Å². The predicted molar refractivity (Wildman–Crippen MR) is 76.1 cm³/mol. The number of rotatable bonds is 3. The van der Waals surface area contributed by atoms with Gasteiger partial charge in [-0.3, -0.25) is 5.84 Å². The highest BCUT2D eigenvalue weighted by Gasteiger charge is 2.36. The summed E-state index contributed by atoms with van der Waals surface area (Å²) >= 11 is 0. The van der Waals surface area contributed by atoms with E-state index in [4.69, 9.17) is 5.84 Å². The number of nitrogens with zero attached hydrogens (tertiary/aromatic N) is 1. The van der Waals surface area contributed by atoms with E-state index in [0.29, 0.717) is 5.69 Å². The zero-order chi connectivity index (χ0) is 14.0. The minimum Gasteiger partial charge on any atom is -0.323 e. The minimum atomic E-state index is -3.51. The van der Waals surface area contributed by atoms with Crippen molar-refractivity contribution in [1.82, 2.24) is 4.31 Å². The Kier molecular flexibility index (Phi) is 4.13. The molecule has 0 bridgehead atoms. The van der Waals surface area contributed by atoms with E-state index in [9.17, 15) is 8.42 Å². The summed E-state index contributed by atoms with van der Waals surface area (Å²) in [5.41, 5.74) is 2.90. The first-order chi connectivity index (χ1) is 8.98. The zero-order valence-electron chi connectivity index (χ0n) is 11.3. The fourth-order valence-corrected chi connectivity index (χ4v) is 4.84. The topological polar surface area (TPSA) is 75.4 Å². The van der Waals surface area contributed by atoms with Gasteiger partial charge in [-0.15, -0.1) is 0 Å². The largest absolute Gasteiger partial charge is 0.323 e. The van der Waals surface area contributed by atoms with E-state index in [2.05, 4.69) is 5.43 Å². The van der Waals surface area contributed by atoms with Crippen molar-refractivity contribution in [2.45, 2.75) is 50.1 Å². The number of nitrogens with two attached hydrogens (primary N) is 1. The summed E-state index contributed by atoms with van der Waals surface area (Å²) in [6, 6.07) is 6.80. The van der Waals surface area contributed by atoms with Gasteiger partial charge in [0.2, 0.25) is 10.0 Å². The van der Waals surface area contributed by atoms with Crippen LogP contribution in [0.25, 0.3) is 0 Å². The molecule has 0 unspecified atom stereocenters. The maximum absolute atomic E-state index is 12.8. The Hall–Kier alpha value is -1.11. The van der Waals surface area contributed by atoms with Gasteiger partial charge in [-0.05, 0) is 38.8 Å². The number of hydrazine groups is 1. The van der Waals surface area contributed by atoms with Crippen molar-refractivity contribution in [3.05, 3.63) is 24.3 Å². The molecule has 1 aromatic rings. The Bertz CT molecular complexity index is 535. The molecule has 1 saturated heterocycles. The van der Waals surface area contributed by atoms with Crippen LogP contribution < -0.4 is 11.3 Å². The van der Waals surface area contributed by atoms with Crippen molar-refractivity contribution in [1.29, 1.82) is 0 Å². The quantitative estimate of drug-likeness (QED) is 0.656. The molecule has 1 aromatic carbocycles. The predicted octanol–water partition coefficient (Wildman–Crippen LogP) is 1.92. The Balaban J connectivity index is 2.46. The lowest BCUT2D eigenvalue weighted by Gasteiger charge is -2.38. The van der Waals surface area contributed by atoms with Crippen molar-refractivity contribution < 1.29 is 8.42 Å². The maximum atomic E-state index is 12.8. The fraction of sp³-hybridized carbons (Fsp3) is 0.538. The van der Waals surface area contributed by atoms with E-state index >= 15 is 0 Å². The van der Waals surface area contributed by atoms with Crippen LogP contribution in [0.15, 0.2) is 29.2 Å². The van der Waals surface area contributed by atoms with Gasteiger partial charge in [0.05, 0.1) is 5.69 Å². The molecule has 106 valence electrons. The molecule has 3 N–H and O–H groups in total. The van der Waals surface area contributed by atoms with Crippen LogP contribution in [0.5, 0.6) is 0 Å². The van der Waals surface area contributed by atoms with E-state index < -0.39 is 10.0 Å². The zero-order valence-corrected chi connectivity index (χ0v) is 12.2. The molecule has 2 rings (SSSR count). The second-order valence-electron chi connectivity index (χ2n) is 5.10. The number of hydrogen-bond acceptors (Lipinski definition) is 4. The van der Waals surface area contributed by atoms with Crippen molar-refractivity contribution in [2.75, 3.05) is 5.43 Å². The lowest BCUT2D eigenvalue weighted by Crippen LogP contribution is -2.47. The van der Waals surface area contributed by atoms with Crippen LogP contribution >= 0.6 is 0 Å². The lowest BCUT2D eigenvalue weighted by atomic mass is 10.0. The van der Waals surface area contributed by atoms with E-state index in [1.54, 1.807) is 28.6 Å². The Morgan fingerprint density at radius 3 is 2.37 bits per heavy atom. The number of sulfonamides is 1. The number of para-hydroxylation sites is 1. The standard InChI is InChI=1S/C13H21N3O2S/c1-10-6-5-7-11(2)16(10)19(17,18)13-9-4-3-8-12(13)15-14/h3-4,8-11,15H,5-7,14H2,1-2H3/t10-,11+. The van der Waals surface area contributed by atoms with Crippen LogP contribution in [-0.2, 0) is 10.0 Å². The monoisotopic (exact) mass is 283 g/mol. The molecule has 0 radical (unpaired) electrons. The smallest absolute Gasteiger partial charge is 0.245 e. The second-order valence-corrected chi connectivity index (χ2v) is 6.92. The van der Waals surface area contributed by atoms with Gasteiger partial charge in [0, 0.05) is 12.1 Å². The van der Waals surface area contributed by atoms with E-state index in [-0.39, 0.29) is 17.0 Å². The van der Waals surface area contributed by atoms with Gasteiger partial charge in [-0.2, -0.15) is 4.31 Å². The number of nitrogens with one attached hydrogen (secondary N) is 1. The number of piperidine rings is 1. The van der Waals surface area contributed by atoms with Crippen LogP contribution in [0.3, 0.4) is 0 Å². The average Bonchev–Trinajstić information content (AvgIpc) is 2.38. The molecule has 19 heavy (non-hydrogen) atoms. The van der Waals surface area contributed by atoms with Crippen LogP contribution in [0.2, 0.25) is 0 Å². The Morgan fingerprint density at radius 1 is 1.21 bits per heavy atom. The van der Waals surface area contributed by atoms with E-state index in [0.717, 1.165) is 19.3 Å². The summed E-state index contributed by atoms with van der Waals surface area (Å²) in [7, 11) is -3.51. The molecule has 0 spiro atoms. The molecule has 2 atom stereocenters. The second kappa shape index (κ2) is 5.48. The third-order valence-electron chi connectivity index (χ3n) is 3.71. The molecule has 5 nitrogen and oxygen atoms in total. The highest BCUT2D eigenvalue weighted by molar-refractivity contribution is 7.89. The molecule has 0 amide bonds. The minimum absolute atomic E-state index is 0.0274.